The van der Waals surface area contributed by atoms with E-state index in [4.69, 9.17) is 3.79 Å². The zero-order valence-corrected chi connectivity index (χ0v) is 15.3. The van der Waals surface area contributed by atoms with Gasteiger partial charge in [-0.2, -0.15) is 0 Å². The number of aryl methyl sites for hydroxylation is 2. The van der Waals surface area contributed by atoms with E-state index < -0.39 is 0 Å². The van der Waals surface area contributed by atoms with Crippen LogP contribution in [0.15, 0.2) is 60.7 Å². The number of hydrogen-bond acceptors (Lipinski definition) is 4. The van der Waals surface area contributed by atoms with E-state index in [1.165, 1.54) is 0 Å². The fraction of sp³-hybridized carbons (Fsp3) is 0.100. The van der Waals surface area contributed by atoms with E-state index in [0.29, 0.717) is 5.52 Å². The van der Waals surface area contributed by atoms with Gasteiger partial charge in [0.05, 0.1) is 0 Å². The summed E-state index contributed by atoms with van der Waals surface area (Å²) in [6.07, 6.45) is 0. The van der Waals surface area contributed by atoms with E-state index in [9.17, 15) is 5.11 Å². The third kappa shape index (κ3) is 3.90. The SMILES string of the molecule is Cc1ccc2cccc(O)c2n1.Cc1ccc2cccc([O][Al])c2n1. The number of aromatic hydroxyl groups is 1. The third-order valence-electron chi connectivity index (χ3n) is 3.79. The van der Waals surface area contributed by atoms with Crippen LogP contribution in [0, 0.1) is 13.8 Å². The van der Waals surface area contributed by atoms with Crippen molar-refractivity contribution in [2.24, 2.45) is 0 Å². The highest BCUT2D eigenvalue weighted by Gasteiger charge is 2.00. The quantitative estimate of drug-likeness (QED) is 0.524. The lowest BCUT2D eigenvalue weighted by atomic mass is 10.2. The minimum Gasteiger partial charge on any atom is -0.652 e. The van der Waals surface area contributed by atoms with Crippen LogP contribution >= 0.6 is 0 Å². The Labute approximate surface area is 154 Å². The second-order valence-corrected chi connectivity index (χ2v) is 5.94. The second kappa shape index (κ2) is 7.52. The standard InChI is InChI=1S/2C10H9NO.Al/c2*1-7-5-6-8-3-2-4-9(12)10(8)11-7;/h2*2-6,12H,1H3;/q;;+1/p-1. The van der Waals surface area contributed by atoms with Crippen LogP contribution in [0.3, 0.4) is 0 Å². The summed E-state index contributed by atoms with van der Waals surface area (Å²) in [5.41, 5.74) is 3.51. The number of rotatable bonds is 1. The predicted octanol–water partition coefficient (Wildman–Crippen LogP) is 4.25. The van der Waals surface area contributed by atoms with Crippen LogP contribution in [-0.4, -0.2) is 31.7 Å². The third-order valence-corrected chi connectivity index (χ3v) is 4.04. The molecule has 1 N–H and O–H groups in total. The Morgan fingerprint density at radius 1 is 0.760 bits per heavy atom. The maximum absolute atomic E-state index is 9.43. The van der Waals surface area contributed by atoms with Gasteiger partial charge in [-0.15, -0.1) is 0 Å². The Morgan fingerprint density at radius 3 is 1.96 bits per heavy atom. The molecule has 2 radical (unpaired) electrons. The number of pyridine rings is 2. The molecule has 0 atom stereocenters. The summed E-state index contributed by atoms with van der Waals surface area (Å²) in [5.74, 6) is 1.04. The first kappa shape index (κ1) is 17.2. The summed E-state index contributed by atoms with van der Waals surface area (Å²) in [7, 11) is 0. The van der Waals surface area contributed by atoms with E-state index in [1.807, 2.05) is 68.4 Å². The van der Waals surface area contributed by atoms with Crippen LogP contribution < -0.4 is 3.79 Å². The molecule has 0 aliphatic rings. The van der Waals surface area contributed by atoms with Crippen LogP contribution in [0.1, 0.15) is 11.4 Å². The zero-order chi connectivity index (χ0) is 17.8. The van der Waals surface area contributed by atoms with Crippen molar-refractivity contribution in [1.29, 1.82) is 0 Å². The molecular weight excluding hydrogens is 327 g/mol. The molecule has 0 spiro atoms. The van der Waals surface area contributed by atoms with Crippen molar-refractivity contribution in [3.05, 3.63) is 72.1 Å². The number of benzene rings is 2. The zero-order valence-electron chi connectivity index (χ0n) is 14.1. The molecule has 2 aromatic carbocycles. The molecule has 0 saturated carbocycles. The van der Waals surface area contributed by atoms with Gasteiger partial charge in [0.1, 0.15) is 22.5 Å². The maximum Gasteiger partial charge on any atom is 0.482 e. The number of fused-ring (bicyclic) bond motifs is 2. The summed E-state index contributed by atoms with van der Waals surface area (Å²) >= 11 is 2.24. The first-order valence-electron chi connectivity index (χ1n) is 7.87. The van der Waals surface area contributed by atoms with Gasteiger partial charge in [-0.3, -0.25) is 0 Å². The fourth-order valence-corrected chi connectivity index (χ4v) is 2.73. The van der Waals surface area contributed by atoms with Crippen molar-refractivity contribution in [2.45, 2.75) is 13.8 Å². The Morgan fingerprint density at radius 2 is 1.32 bits per heavy atom. The second-order valence-electron chi connectivity index (χ2n) is 5.70. The number of aromatic nitrogens is 2. The lowest BCUT2D eigenvalue weighted by Gasteiger charge is -2.06. The molecule has 0 aliphatic carbocycles. The summed E-state index contributed by atoms with van der Waals surface area (Å²) in [6.45, 7) is 3.88. The van der Waals surface area contributed by atoms with Gasteiger partial charge in [0, 0.05) is 22.2 Å². The van der Waals surface area contributed by atoms with Crippen LogP contribution in [0.4, 0.5) is 0 Å². The van der Waals surface area contributed by atoms with Crippen molar-refractivity contribution >= 4 is 38.4 Å². The van der Waals surface area contributed by atoms with Crippen LogP contribution in [0.5, 0.6) is 11.5 Å². The van der Waals surface area contributed by atoms with Crippen LogP contribution in [0.2, 0.25) is 0 Å². The van der Waals surface area contributed by atoms with Gasteiger partial charge >= 0.3 is 16.6 Å². The first-order chi connectivity index (χ1) is 12.1. The lowest BCUT2D eigenvalue weighted by Crippen LogP contribution is -1.90. The molecule has 0 bridgehead atoms. The molecule has 0 amide bonds. The van der Waals surface area contributed by atoms with E-state index in [-0.39, 0.29) is 5.75 Å². The van der Waals surface area contributed by atoms with E-state index in [0.717, 1.165) is 33.4 Å². The largest absolute Gasteiger partial charge is 0.652 e. The monoisotopic (exact) mass is 344 g/mol. The minimum atomic E-state index is 0.246. The average Bonchev–Trinajstić information content (AvgIpc) is 2.62. The van der Waals surface area contributed by atoms with Gasteiger partial charge in [0.2, 0.25) is 0 Å². The predicted molar refractivity (Wildman–Crippen MR) is 101 cm³/mol. The Bertz CT molecular complexity index is 1030. The van der Waals surface area contributed by atoms with Gasteiger partial charge in [0.15, 0.2) is 0 Å². The summed E-state index contributed by atoms with van der Waals surface area (Å²) in [4.78, 5) is 8.63. The van der Waals surface area contributed by atoms with Crippen molar-refractivity contribution in [1.82, 2.24) is 9.97 Å². The summed E-state index contributed by atoms with van der Waals surface area (Å²) < 4.78 is 5.14. The molecule has 2 aromatic heterocycles. The normalized spacial score (nSPS) is 10.3. The number of hydrogen-bond donors (Lipinski definition) is 1. The Hall–Kier alpha value is -2.61. The summed E-state index contributed by atoms with van der Waals surface area (Å²) in [5, 5.41) is 11.5. The molecule has 5 heteroatoms. The minimum absolute atomic E-state index is 0.246. The molecule has 0 unspecified atom stereocenters. The van der Waals surface area contributed by atoms with E-state index >= 15 is 0 Å². The van der Waals surface area contributed by atoms with Gasteiger partial charge in [-0.05, 0) is 38.1 Å². The summed E-state index contributed by atoms with van der Waals surface area (Å²) in [6, 6.07) is 19.2. The van der Waals surface area contributed by atoms with Gasteiger partial charge in [-0.1, -0.05) is 36.4 Å². The number of phenolic OH excluding ortho intramolecular Hbond substituents is 1. The molecule has 25 heavy (non-hydrogen) atoms. The van der Waals surface area contributed by atoms with Crippen molar-refractivity contribution in [3.8, 4) is 11.5 Å². The first-order valence-corrected chi connectivity index (χ1v) is 8.34. The maximum atomic E-state index is 9.43. The molecule has 2 heterocycles. The smallest absolute Gasteiger partial charge is 0.482 e. The fourth-order valence-electron chi connectivity index (χ4n) is 2.54. The lowest BCUT2D eigenvalue weighted by molar-refractivity contribution is 0.480. The molecule has 4 rings (SSSR count). The van der Waals surface area contributed by atoms with E-state index in [1.54, 1.807) is 6.07 Å². The van der Waals surface area contributed by atoms with E-state index in [2.05, 4.69) is 26.6 Å². The highest BCUT2D eigenvalue weighted by atomic mass is 27.1. The van der Waals surface area contributed by atoms with Crippen LogP contribution in [-0.2, 0) is 0 Å². The van der Waals surface area contributed by atoms with Crippen molar-refractivity contribution < 1.29 is 8.90 Å². The Kier molecular flexibility index (Phi) is 5.18. The topological polar surface area (TPSA) is 55.2 Å². The Balaban J connectivity index is 0.000000146. The number of para-hydroxylation sites is 2. The van der Waals surface area contributed by atoms with Gasteiger partial charge in [-0.25, -0.2) is 9.97 Å². The molecule has 122 valence electrons. The number of nitrogens with zero attached hydrogens (tertiary/aromatic N) is 2. The van der Waals surface area contributed by atoms with Crippen molar-refractivity contribution in [2.75, 3.05) is 0 Å². The highest BCUT2D eigenvalue weighted by molar-refractivity contribution is 6.01. The average molecular weight is 344 g/mol. The van der Waals surface area contributed by atoms with Crippen molar-refractivity contribution in [3.63, 3.8) is 0 Å². The molecule has 0 saturated heterocycles. The molecule has 0 aliphatic heterocycles. The van der Waals surface area contributed by atoms with Crippen LogP contribution in [0.25, 0.3) is 21.8 Å². The molecule has 0 fully saturated rings. The van der Waals surface area contributed by atoms with Gasteiger partial charge < -0.3 is 8.90 Å². The highest BCUT2D eigenvalue weighted by Crippen LogP contribution is 2.23. The molecule has 4 aromatic rings. The number of phenols is 1. The molecule has 4 nitrogen and oxygen atoms in total. The molecular formula is C20H17AlN2O2. The van der Waals surface area contributed by atoms with Gasteiger partial charge in [0.25, 0.3) is 0 Å².